The predicted molar refractivity (Wildman–Crippen MR) is 63.8 cm³/mol. The minimum atomic E-state index is -3.04. The molecule has 19 heavy (non-hydrogen) atoms. The smallest absolute Gasteiger partial charge is 0.387 e. The predicted octanol–water partition coefficient (Wildman–Crippen LogP) is 3.94. The number of rotatable bonds is 5. The number of furan rings is 1. The normalized spacial score (nSPS) is 10.8. The first-order chi connectivity index (χ1) is 9.04. The second kappa shape index (κ2) is 5.69. The number of hydrogen-bond donors (Lipinski definition) is 1. The summed E-state index contributed by atoms with van der Waals surface area (Å²) in [7, 11) is 0. The number of nitrogens with one attached hydrogen (secondary N) is 1. The van der Waals surface area contributed by atoms with E-state index in [9.17, 15) is 13.2 Å². The molecule has 0 atom stereocenters. The summed E-state index contributed by atoms with van der Waals surface area (Å²) in [6, 6.07) is 7.31. The molecule has 102 valence electrons. The molecule has 0 saturated carbocycles. The number of alkyl halides is 2. The van der Waals surface area contributed by atoms with Gasteiger partial charge in [0.25, 0.3) is 0 Å². The van der Waals surface area contributed by atoms with Crippen LogP contribution in [0, 0.1) is 12.7 Å². The highest BCUT2D eigenvalue weighted by atomic mass is 19.3. The Hall–Kier alpha value is -2.11. The molecule has 1 aromatic heterocycles. The monoisotopic (exact) mass is 271 g/mol. The molecule has 0 amide bonds. The van der Waals surface area contributed by atoms with Crippen molar-refractivity contribution in [2.75, 3.05) is 5.32 Å². The average molecular weight is 271 g/mol. The zero-order chi connectivity index (χ0) is 13.8. The minimum Gasteiger partial charge on any atom is -0.465 e. The van der Waals surface area contributed by atoms with E-state index in [1.165, 1.54) is 6.07 Å². The summed E-state index contributed by atoms with van der Waals surface area (Å²) < 4.78 is 46.7. The van der Waals surface area contributed by atoms with Crippen LogP contribution >= 0.6 is 0 Å². The third kappa shape index (κ3) is 3.67. The summed E-state index contributed by atoms with van der Waals surface area (Å²) in [4.78, 5) is 0. The van der Waals surface area contributed by atoms with Crippen molar-refractivity contribution in [2.45, 2.75) is 20.1 Å². The molecule has 2 aromatic rings. The van der Waals surface area contributed by atoms with Crippen molar-refractivity contribution in [3.8, 4) is 5.75 Å². The van der Waals surface area contributed by atoms with Gasteiger partial charge in [-0.1, -0.05) is 0 Å². The van der Waals surface area contributed by atoms with E-state index in [4.69, 9.17) is 4.42 Å². The van der Waals surface area contributed by atoms with Crippen molar-refractivity contribution < 1.29 is 22.3 Å². The molecule has 0 saturated heterocycles. The number of halogens is 3. The highest BCUT2D eigenvalue weighted by Crippen LogP contribution is 2.23. The van der Waals surface area contributed by atoms with E-state index in [1.807, 2.05) is 13.0 Å². The van der Waals surface area contributed by atoms with Crippen LogP contribution in [0.1, 0.15) is 11.5 Å². The molecule has 0 bridgehead atoms. The maximum atomic E-state index is 13.4. The Morgan fingerprint density at radius 1 is 1.26 bits per heavy atom. The van der Waals surface area contributed by atoms with Crippen molar-refractivity contribution in [1.29, 1.82) is 0 Å². The molecule has 3 nitrogen and oxygen atoms in total. The highest BCUT2D eigenvalue weighted by molar-refractivity contribution is 5.47. The number of aryl methyl sites for hydroxylation is 1. The molecular weight excluding hydrogens is 259 g/mol. The van der Waals surface area contributed by atoms with Gasteiger partial charge >= 0.3 is 6.61 Å². The van der Waals surface area contributed by atoms with Crippen molar-refractivity contribution in [3.63, 3.8) is 0 Å². The summed E-state index contributed by atoms with van der Waals surface area (Å²) in [5, 5.41) is 2.92. The van der Waals surface area contributed by atoms with Crippen LogP contribution in [0.4, 0.5) is 18.9 Å². The molecule has 2 rings (SSSR count). The lowest BCUT2D eigenvalue weighted by Crippen LogP contribution is -2.04. The van der Waals surface area contributed by atoms with Gasteiger partial charge in [-0.25, -0.2) is 4.39 Å². The molecule has 0 aliphatic carbocycles. The third-order valence-electron chi connectivity index (χ3n) is 2.41. The molecule has 0 spiro atoms. The van der Waals surface area contributed by atoms with Gasteiger partial charge in [0.15, 0.2) is 11.6 Å². The summed E-state index contributed by atoms with van der Waals surface area (Å²) in [6.45, 7) is -0.846. The van der Waals surface area contributed by atoms with E-state index < -0.39 is 18.2 Å². The van der Waals surface area contributed by atoms with Gasteiger partial charge < -0.3 is 14.5 Å². The van der Waals surface area contributed by atoms with Crippen molar-refractivity contribution >= 4 is 5.69 Å². The molecule has 0 aliphatic rings. The van der Waals surface area contributed by atoms with E-state index >= 15 is 0 Å². The van der Waals surface area contributed by atoms with Gasteiger partial charge in [0.2, 0.25) is 0 Å². The number of benzene rings is 1. The Kier molecular flexibility index (Phi) is 3.99. The standard InChI is InChI=1S/C13H12F3NO2/c1-8-2-4-10(18-8)7-17-9-3-5-12(11(14)6-9)19-13(15)16/h2-6,13,17H,7H2,1H3. The van der Waals surface area contributed by atoms with Crippen molar-refractivity contribution in [3.05, 3.63) is 47.7 Å². The Morgan fingerprint density at radius 3 is 2.63 bits per heavy atom. The van der Waals surface area contributed by atoms with Gasteiger partial charge in [-0.2, -0.15) is 8.78 Å². The lowest BCUT2D eigenvalue weighted by molar-refractivity contribution is -0.0521. The SMILES string of the molecule is Cc1ccc(CNc2ccc(OC(F)F)c(F)c2)o1. The highest BCUT2D eigenvalue weighted by Gasteiger charge is 2.10. The molecule has 1 aromatic carbocycles. The summed E-state index contributed by atoms with van der Waals surface area (Å²) >= 11 is 0. The fourth-order valence-electron chi connectivity index (χ4n) is 1.57. The molecule has 1 N–H and O–H groups in total. The molecule has 0 fully saturated rings. The van der Waals surface area contributed by atoms with E-state index in [2.05, 4.69) is 10.1 Å². The van der Waals surface area contributed by atoms with Crippen molar-refractivity contribution in [2.24, 2.45) is 0 Å². The van der Waals surface area contributed by atoms with Gasteiger partial charge in [0.05, 0.1) is 6.54 Å². The van der Waals surface area contributed by atoms with E-state index in [0.29, 0.717) is 18.0 Å². The van der Waals surface area contributed by atoms with Crippen LogP contribution in [0.15, 0.2) is 34.7 Å². The first kappa shape index (κ1) is 13.3. The largest absolute Gasteiger partial charge is 0.465 e. The number of hydrogen-bond acceptors (Lipinski definition) is 3. The first-order valence-electron chi connectivity index (χ1n) is 5.58. The summed E-state index contributed by atoms with van der Waals surface area (Å²) in [5.74, 6) is 0.157. The van der Waals surface area contributed by atoms with Crippen LogP contribution in [0.3, 0.4) is 0 Å². The second-order valence-electron chi connectivity index (χ2n) is 3.89. The van der Waals surface area contributed by atoms with Crippen LogP contribution in [0.2, 0.25) is 0 Å². The molecule has 0 aliphatic heterocycles. The van der Waals surface area contributed by atoms with Gasteiger partial charge in [0.1, 0.15) is 11.5 Å². The fourth-order valence-corrected chi connectivity index (χ4v) is 1.57. The molecular formula is C13H12F3NO2. The second-order valence-corrected chi connectivity index (χ2v) is 3.89. The van der Waals surface area contributed by atoms with Gasteiger partial charge in [0, 0.05) is 11.8 Å². The van der Waals surface area contributed by atoms with Gasteiger partial charge in [-0.15, -0.1) is 0 Å². The topological polar surface area (TPSA) is 34.4 Å². The van der Waals surface area contributed by atoms with Gasteiger partial charge in [-0.3, -0.25) is 0 Å². The molecule has 1 heterocycles. The van der Waals surface area contributed by atoms with Crippen LogP contribution in [0.5, 0.6) is 5.75 Å². The Labute approximate surface area is 108 Å². The summed E-state index contributed by atoms with van der Waals surface area (Å²) in [5.41, 5.74) is 0.452. The maximum absolute atomic E-state index is 13.4. The maximum Gasteiger partial charge on any atom is 0.387 e. The van der Waals surface area contributed by atoms with Crippen LogP contribution in [0.25, 0.3) is 0 Å². The van der Waals surface area contributed by atoms with Crippen molar-refractivity contribution in [1.82, 2.24) is 0 Å². The van der Waals surface area contributed by atoms with E-state index in [1.54, 1.807) is 6.07 Å². The summed E-state index contributed by atoms with van der Waals surface area (Å²) in [6.07, 6.45) is 0. The quantitative estimate of drug-likeness (QED) is 0.894. The zero-order valence-electron chi connectivity index (χ0n) is 10.1. The average Bonchev–Trinajstić information content (AvgIpc) is 2.75. The lowest BCUT2D eigenvalue weighted by atomic mass is 10.3. The van der Waals surface area contributed by atoms with E-state index in [0.717, 1.165) is 17.9 Å². The van der Waals surface area contributed by atoms with Crippen LogP contribution < -0.4 is 10.1 Å². The van der Waals surface area contributed by atoms with Crippen LogP contribution in [-0.4, -0.2) is 6.61 Å². The molecule has 6 heteroatoms. The Bertz CT molecular complexity index is 555. The fraction of sp³-hybridized carbons (Fsp3) is 0.231. The molecule has 0 unspecified atom stereocenters. The number of ether oxygens (including phenoxy) is 1. The van der Waals surface area contributed by atoms with Crippen LogP contribution in [-0.2, 0) is 6.54 Å². The molecule has 0 radical (unpaired) electrons. The van der Waals surface area contributed by atoms with E-state index in [-0.39, 0.29) is 0 Å². The lowest BCUT2D eigenvalue weighted by Gasteiger charge is -2.08. The third-order valence-corrected chi connectivity index (χ3v) is 2.41. The Balaban J connectivity index is 1.99. The number of anilines is 1. The zero-order valence-corrected chi connectivity index (χ0v) is 10.1. The van der Waals surface area contributed by atoms with Gasteiger partial charge in [-0.05, 0) is 31.2 Å². The minimum absolute atomic E-state index is 0.377. The first-order valence-corrected chi connectivity index (χ1v) is 5.58. The Morgan fingerprint density at radius 2 is 2.05 bits per heavy atom.